The molecule has 2 N–H and O–H groups in total. The summed E-state index contributed by atoms with van der Waals surface area (Å²) in [5, 5.41) is 6.44. The molecule has 5 nitrogen and oxygen atoms in total. The van der Waals surface area contributed by atoms with E-state index in [-0.39, 0.29) is 24.0 Å². The first-order valence-electron chi connectivity index (χ1n) is 8.31. The van der Waals surface area contributed by atoms with E-state index in [9.17, 15) is 4.21 Å². The Bertz CT molecular complexity index is 711. The zero-order valence-corrected chi connectivity index (χ0v) is 18.3. The van der Waals surface area contributed by atoms with Crippen LogP contribution in [0.1, 0.15) is 12.5 Å². The number of nitrogens with one attached hydrogen (secondary N) is 2. The van der Waals surface area contributed by atoms with Gasteiger partial charge in [-0.05, 0) is 36.8 Å². The number of halogens is 1. The summed E-state index contributed by atoms with van der Waals surface area (Å²) in [6, 6.07) is 17.4. The van der Waals surface area contributed by atoms with Crippen LogP contribution in [0.2, 0.25) is 0 Å². The molecule has 1 atom stereocenters. The molecule has 0 spiro atoms. The molecule has 0 saturated carbocycles. The SMILES string of the molecule is CCNC(=NCc1cccc(OC)c1)NCCS(=O)c1ccccc1.I. The molecule has 7 heteroatoms. The lowest BCUT2D eigenvalue weighted by Crippen LogP contribution is -2.39. The number of guanidine groups is 1. The third kappa shape index (κ3) is 7.74. The van der Waals surface area contributed by atoms with Gasteiger partial charge in [-0.15, -0.1) is 24.0 Å². The molecule has 0 radical (unpaired) electrons. The second-order valence-electron chi connectivity index (χ2n) is 5.34. The number of methoxy groups -OCH3 is 1. The monoisotopic (exact) mass is 487 g/mol. The number of nitrogens with zero attached hydrogens (tertiary/aromatic N) is 1. The number of benzene rings is 2. The molecule has 0 aliphatic carbocycles. The molecule has 0 aliphatic rings. The summed E-state index contributed by atoms with van der Waals surface area (Å²) in [5.74, 6) is 2.08. The topological polar surface area (TPSA) is 62.7 Å². The van der Waals surface area contributed by atoms with Gasteiger partial charge >= 0.3 is 0 Å². The van der Waals surface area contributed by atoms with E-state index in [0.29, 0.717) is 18.8 Å². The summed E-state index contributed by atoms with van der Waals surface area (Å²) < 4.78 is 17.5. The lowest BCUT2D eigenvalue weighted by atomic mass is 10.2. The first-order valence-corrected chi connectivity index (χ1v) is 9.63. The van der Waals surface area contributed by atoms with E-state index in [1.807, 2.05) is 61.5 Å². The first-order chi connectivity index (χ1) is 12.2. The fraction of sp³-hybridized carbons (Fsp3) is 0.316. The molecule has 1 unspecified atom stereocenters. The van der Waals surface area contributed by atoms with Gasteiger partial charge in [0.1, 0.15) is 5.75 Å². The molecule has 142 valence electrons. The minimum absolute atomic E-state index is 0. The van der Waals surface area contributed by atoms with Gasteiger partial charge in [0.15, 0.2) is 5.96 Å². The zero-order chi connectivity index (χ0) is 17.9. The highest BCUT2D eigenvalue weighted by molar-refractivity contribution is 14.0. The van der Waals surface area contributed by atoms with E-state index in [4.69, 9.17) is 4.74 Å². The van der Waals surface area contributed by atoms with Crippen molar-refractivity contribution in [3.05, 3.63) is 60.2 Å². The Labute approximate surface area is 175 Å². The van der Waals surface area contributed by atoms with E-state index >= 15 is 0 Å². The number of aliphatic imine (C=N–C) groups is 1. The van der Waals surface area contributed by atoms with Crippen molar-refractivity contribution in [3.8, 4) is 5.75 Å². The fourth-order valence-electron chi connectivity index (χ4n) is 2.24. The van der Waals surface area contributed by atoms with Gasteiger partial charge in [-0.3, -0.25) is 4.21 Å². The fourth-order valence-corrected chi connectivity index (χ4v) is 3.22. The molecular formula is C19H26IN3O2S. The molecule has 0 aliphatic heterocycles. The third-order valence-corrected chi connectivity index (χ3v) is 4.86. The summed E-state index contributed by atoms with van der Waals surface area (Å²) >= 11 is 0. The van der Waals surface area contributed by atoms with Crippen LogP contribution >= 0.6 is 24.0 Å². The number of rotatable bonds is 8. The summed E-state index contributed by atoms with van der Waals surface area (Å²) in [6.45, 7) is 3.93. The summed E-state index contributed by atoms with van der Waals surface area (Å²) in [7, 11) is 0.644. The lowest BCUT2D eigenvalue weighted by Gasteiger charge is -2.11. The third-order valence-electron chi connectivity index (χ3n) is 3.48. The van der Waals surface area contributed by atoms with Crippen LogP contribution in [0, 0.1) is 0 Å². The van der Waals surface area contributed by atoms with Gasteiger partial charge in [0.05, 0.1) is 24.5 Å². The van der Waals surface area contributed by atoms with Crippen LogP contribution in [0.3, 0.4) is 0 Å². The normalized spacial score (nSPS) is 12.0. The van der Waals surface area contributed by atoms with E-state index in [1.54, 1.807) is 7.11 Å². The van der Waals surface area contributed by atoms with Crippen LogP contribution in [-0.2, 0) is 17.3 Å². The van der Waals surface area contributed by atoms with Crippen LogP contribution in [0.15, 0.2) is 64.5 Å². The minimum Gasteiger partial charge on any atom is -0.497 e. The highest BCUT2D eigenvalue weighted by atomic mass is 127. The van der Waals surface area contributed by atoms with Crippen molar-refractivity contribution in [1.82, 2.24) is 10.6 Å². The van der Waals surface area contributed by atoms with Gasteiger partial charge < -0.3 is 15.4 Å². The summed E-state index contributed by atoms with van der Waals surface area (Å²) in [4.78, 5) is 5.42. The maximum Gasteiger partial charge on any atom is 0.191 e. The molecule has 0 saturated heterocycles. The minimum atomic E-state index is -1.01. The molecule has 2 rings (SSSR count). The van der Waals surface area contributed by atoms with E-state index in [1.165, 1.54) is 0 Å². The maximum absolute atomic E-state index is 12.2. The van der Waals surface area contributed by atoms with Crippen molar-refractivity contribution in [3.63, 3.8) is 0 Å². The van der Waals surface area contributed by atoms with Crippen molar-refractivity contribution in [2.24, 2.45) is 4.99 Å². The van der Waals surface area contributed by atoms with Gasteiger partial charge in [0.25, 0.3) is 0 Å². The van der Waals surface area contributed by atoms with Crippen molar-refractivity contribution < 1.29 is 8.95 Å². The molecule has 0 fully saturated rings. The molecule has 26 heavy (non-hydrogen) atoms. The Kier molecular flexibility index (Phi) is 11.0. The molecule has 0 aromatic heterocycles. The van der Waals surface area contributed by atoms with Crippen molar-refractivity contribution in [1.29, 1.82) is 0 Å². The lowest BCUT2D eigenvalue weighted by molar-refractivity contribution is 0.414. The predicted molar refractivity (Wildman–Crippen MR) is 119 cm³/mol. The summed E-state index contributed by atoms with van der Waals surface area (Å²) in [6.07, 6.45) is 0. The molecule has 2 aromatic carbocycles. The van der Waals surface area contributed by atoms with Crippen molar-refractivity contribution >= 4 is 40.7 Å². The van der Waals surface area contributed by atoms with Gasteiger partial charge in [-0.25, -0.2) is 4.99 Å². The zero-order valence-electron chi connectivity index (χ0n) is 15.1. The van der Waals surface area contributed by atoms with Gasteiger partial charge in [0.2, 0.25) is 0 Å². The second kappa shape index (κ2) is 12.7. The average molecular weight is 487 g/mol. The Morgan fingerprint density at radius 2 is 1.88 bits per heavy atom. The Hall–Kier alpha value is -1.61. The Morgan fingerprint density at radius 1 is 1.12 bits per heavy atom. The van der Waals surface area contributed by atoms with Crippen LogP contribution in [0.5, 0.6) is 5.75 Å². The quantitative estimate of drug-likeness (QED) is 0.341. The second-order valence-corrected chi connectivity index (χ2v) is 6.91. The molecule has 0 amide bonds. The molecule has 0 bridgehead atoms. The number of hydrogen-bond donors (Lipinski definition) is 2. The number of hydrogen-bond acceptors (Lipinski definition) is 3. The first kappa shape index (κ1) is 22.4. The number of ether oxygens (including phenoxy) is 1. The summed E-state index contributed by atoms with van der Waals surface area (Å²) in [5.41, 5.74) is 1.07. The largest absolute Gasteiger partial charge is 0.497 e. The van der Waals surface area contributed by atoms with Crippen LogP contribution in [-0.4, -0.2) is 36.1 Å². The molecule has 0 heterocycles. The highest BCUT2D eigenvalue weighted by Crippen LogP contribution is 2.13. The highest BCUT2D eigenvalue weighted by Gasteiger charge is 2.04. The molecule has 2 aromatic rings. The predicted octanol–water partition coefficient (Wildman–Crippen LogP) is 3.18. The standard InChI is InChI=1S/C19H25N3O2S.HI/c1-3-20-19(22-15-16-8-7-9-17(14-16)24-2)21-12-13-25(23)18-10-5-4-6-11-18;/h4-11,14H,3,12-13,15H2,1-2H3,(H2,20,21,22);1H. The smallest absolute Gasteiger partial charge is 0.191 e. The van der Waals surface area contributed by atoms with Crippen molar-refractivity contribution in [2.45, 2.75) is 18.4 Å². The van der Waals surface area contributed by atoms with Gasteiger partial charge in [-0.2, -0.15) is 0 Å². The molecular weight excluding hydrogens is 461 g/mol. The Morgan fingerprint density at radius 3 is 2.58 bits per heavy atom. The van der Waals surface area contributed by atoms with E-state index in [2.05, 4.69) is 15.6 Å². The Balaban J connectivity index is 0.00000338. The van der Waals surface area contributed by atoms with Crippen LogP contribution in [0.4, 0.5) is 0 Å². The van der Waals surface area contributed by atoms with Crippen molar-refractivity contribution in [2.75, 3.05) is 26.0 Å². The average Bonchev–Trinajstić information content (AvgIpc) is 2.66. The van der Waals surface area contributed by atoms with Gasteiger partial charge in [0, 0.05) is 23.7 Å². The van der Waals surface area contributed by atoms with E-state index in [0.717, 1.165) is 28.7 Å². The van der Waals surface area contributed by atoms with Crippen LogP contribution in [0.25, 0.3) is 0 Å². The van der Waals surface area contributed by atoms with E-state index < -0.39 is 10.8 Å². The van der Waals surface area contributed by atoms with Crippen LogP contribution < -0.4 is 15.4 Å². The van der Waals surface area contributed by atoms with Gasteiger partial charge in [-0.1, -0.05) is 30.3 Å². The maximum atomic E-state index is 12.2.